The predicted molar refractivity (Wildman–Crippen MR) is 110 cm³/mol. The second-order valence-electron chi connectivity index (χ2n) is 7.30. The Morgan fingerprint density at radius 2 is 1.90 bits per heavy atom. The van der Waals surface area contributed by atoms with Gasteiger partial charge in [0, 0.05) is 44.9 Å². The van der Waals surface area contributed by atoms with Gasteiger partial charge in [-0.1, -0.05) is 35.5 Å². The number of hydrogen-bond acceptors (Lipinski definition) is 7. The van der Waals surface area contributed by atoms with Crippen molar-refractivity contribution < 1.29 is 14.1 Å². The van der Waals surface area contributed by atoms with Crippen molar-refractivity contribution in [2.75, 3.05) is 33.3 Å². The number of carbonyl (C=O) groups excluding carboxylic acids is 1. The van der Waals surface area contributed by atoms with E-state index in [0.717, 1.165) is 18.7 Å². The Morgan fingerprint density at radius 1 is 1.13 bits per heavy atom. The lowest BCUT2D eigenvalue weighted by atomic mass is 10.1. The van der Waals surface area contributed by atoms with Crippen LogP contribution in [0.2, 0.25) is 0 Å². The molecule has 3 aromatic rings. The summed E-state index contributed by atoms with van der Waals surface area (Å²) in [6, 6.07) is 13.5. The molecule has 1 aliphatic heterocycles. The monoisotopic (exact) mass is 407 g/mol. The molecule has 2 aromatic heterocycles. The molecule has 1 fully saturated rings. The van der Waals surface area contributed by atoms with Gasteiger partial charge in [0.15, 0.2) is 5.82 Å². The molecule has 8 heteroatoms. The maximum absolute atomic E-state index is 12.7. The summed E-state index contributed by atoms with van der Waals surface area (Å²) in [5.41, 5.74) is 1.72. The summed E-state index contributed by atoms with van der Waals surface area (Å²) in [6.45, 7) is 4.82. The molecule has 0 N–H and O–H groups in total. The van der Waals surface area contributed by atoms with Gasteiger partial charge in [-0.3, -0.25) is 9.69 Å². The van der Waals surface area contributed by atoms with Crippen LogP contribution in [0.25, 0.3) is 0 Å². The zero-order valence-electron chi connectivity index (χ0n) is 17.2. The molecule has 30 heavy (non-hydrogen) atoms. The molecule has 0 saturated carbocycles. The van der Waals surface area contributed by atoms with Crippen molar-refractivity contribution in [3.05, 3.63) is 71.5 Å². The van der Waals surface area contributed by atoms with Crippen molar-refractivity contribution in [3.8, 4) is 5.88 Å². The SMILES string of the molecule is COc1ccc(C(=O)N2CCN([C@@H](C)c3nc(Cc4ccccc4)no3)CC2)cn1. The molecular weight excluding hydrogens is 382 g/mol. The van der Waals surface area contributed by atoms with Crippen molar-refractivity contribution in [2.45, 2.75) is 19.4 Å². The van der Waals surface area contributed by atoms with Crippen molar-refractivity contribution in [2.24, 2.45) is 0 Å². The van der Waals surface area contributed by atoms with Crippen molar-refractivity contribution in [1.82, 2.24) is 24.9 Å². The Balaban J connectivity index is 1.33. The standard InChI is InChI=1S/C22H25N5O3/c1-16(21-24-19(25-30-21)14-17-6-4-3-5-7-17)26-10-12-27(13-11-26)22(28)18-8-9-20(29-2)23-15-18/h3-9,15-16H,10-14H2,1-2H3/t16-/m0/s1. The quantitative estimate of drug-likeness (QED) is 0.621. The Bertz CT molecular complexity index is 966. The van der Waals surface area contributed by atoms with E-state index in [0.29, 0.717) is 42.7 Å². The van der Waals surface area contributed by atoms with Gasteiger partial charge in [-0.2, -0.15) is 4.98 Å². The first kappa shape index (κ1) is 20.0. The van der Waals surface area contributed by atoms with Gasteiger partial charge in [0.25, 0.3) is 5.91 Å². The maximum Gasteiger partial charge on any atom is 0.255 e. The van der Waals surface area contributed by atoms with Crippen LogP contribution in [0.4, 0.5) is 0 Å². The predicted octanol–water partition coefficient (Wildman–Crippen LogP) is 2.58. The van der Waals surface area contributed by atoms with Crippen LogP contribution in [0.1, 0.15) is 40.6 Å². The van der Waals surface area contributed by atoms with E-state index in [4.69, 9.17) is 9.26 Å². The van der Waals surface area contributed by atoms with E-state index in [9.17, 15) is 4.79 Å². The van der Waals surface area contributed by atoms with Crippen LogP contribution in [0, 0.1) is 0 Å². The summed E-state index contributed by atoms with van der Waals surface area (Å²) >= 11 is 0. The van der Waals surface area contributed by atoms with Gasteiger partial charge in [-0.15, -0.1) is 0 Å². The zero-order valence-corrected chi connectivity index (χ0v) is 17.2. The van der Waals surface area contributed by atoms with Gasteiger partial charge in [0.2, 0.25) is 11.8 Å². The lowest BCUT2D eigenvalue weighted by Crippen LogP contribution is -2.49. The molecule has 0 aliphatic carbocycles. The Hall–Kier alpha value is -3.26. The molecule has 0 radical (unpaired) electrons. The Morgan fingerprint density at radius 3 is 2.57 bits per heavy atom. The molecule has 1 amide bonds. The Kier molecular flexibility index (Phi) is 6.04. The number of benzene rings is 1. The average Bonchev–Trinajstić information content (AvgIpc) is 3.27. The van der Waals surface area contributed by atoms with Gasteiger partial charge in [-0.05, 0) is 18.6 Å². The highest BCUT2D eigenvalue weighted by Gasteiger charge is 2.28. The molecule has 0 spiro atoms. The van der Waals surface area contributed by atoms with Crippen LogP contribution in [0.15, 0.2) is 53.2 Å². The molecule has 1 saturated heterocycles. The fourth-order valence-corrected chi connectivity index (χ4v) is 3.57. The van der Waals surface area contributed by atoms with E-state index in [1.165, 1.54) is 0 Å². The minimum atomic E-state index is -0.0135. The summed E-state index contributed by atoms with van der Waals surface area (Å²) in [5.74, 6) is 1.78. The third-order valence-electron chi connectivity index (χ3n) is 5.39. The number of piperazine rings is 1. The average molecular weight is 407 g/mol. The smallest absolute Gasteiger partial charge is 0.255 e. The van der Waals surface area contributed by atoms with E-state index in [2.05, 4.69) is 26.9 Å². The summed E-state index contributed by atoms with van der Waals surface area (Å²) < 4.78 is 10.6. The molecule has 1 atom stereocenters. The molecule has 1 aliphatic rings. The van der Waals surface area contributed by atoms with Crippen molar-refractivity contribution >= 4 is 5.91 Å². The van der Waals surface area contributed by atoms with E-state index in [1.54, 1.807) is 25.4 Å². The van der Waals surface area contributed by atoms with Gasteiger partial charge in [0.05, 0.1) is 18.7 Å². The van der Waals surface area contributed by atoms with E-state index < -0.39 is 0 Å². The van der Waals surface area contributed by atoms with Crippen LogP contribution in [0.5, 0.6) is 5.88 Å². The lowest BCUT2D eigenvalue weighted by molar-refractivity contribution is 0.0551. The second-order valence-corrected chi connectivity index (χ2v) is 7.30. The first-order valence-electron chi connectivity index (χ1n) is 10.0. The third kappa shape index (κ3) is 4.49. The molecular formula is C22H25N5O3. The summed E-state index contributed by atoms with van der Waals surface area (Å²) in [5, 5.41) is 4.13. The normalized spacial score (nSPS) is 15.7. The summed E-state index contributed by atoms with van der Waals surface area (Å²) in [4.78, 5) is 25.5. The number of pyridine rings is 1. The van der Waals surface area contributed by atoms with Crippen LogP contribution >= 0.6 is 0 Å². The molecule has 8 nitrogen and oxygen atoms in total. The first-order valence-corrected chi connectivity index (χ1v) is 10.0. The topological polar surface area (TPSA) is 84.6 Å². The molecule has 1 aromatic carbocycles. The minimum Gasteiger partial charge on any atom is -0.481 e. The van der Waals surface area contributed by atoms with Crippen LogP contribution < -0.4 is 4.74 Å². The zero-order chi connectivity index (χ0) is 20.9. The molecule has 3 heterocycles. The highest BCUT2D eigenvalue weighted by atomic mass is 16.5. The molecule has 0 unspecified atom stereocenters. The number of amides is 1. The maximum atomic E-state index is 12.7. The number of hydrogen-bond donors (Lipinski definition) is 0. The number of rotatable bonds is 6. The molecule has 156 valence electrons. The van der Waals surface area contributed by atoms with Crippen molar-refractivity contribution in [3.63, 3.8) is 0 Å². The largest absolute Gasteiger partial charge is 0.481 e. The second kappa shape index (κ2) is 9.04. The number of nitrogens with zero attached hydrogens (tertiary/aromatic N) is 5. The van der Waals surface area contributed by atoms with Gasteiger partial charge >= 0.3 is 0 Å². The minimum absolute atomic E-state index is 0.00179. The summed E-state index contributed by atoms with van der Waals surface area (Å²) in [7, 11) is 1.55. The number of aromatic nitrogens is 3. The highest BCUT2D eigenvalue weighted by molar-refractivity contribution is 5.94. The van der Waals surface area contributed by atoms with Gasteiger partial charge in [0.1, 0.15) is 0 Å². The number of methoxy groups -OCH3 is 1. The van der Waals surface area contributed by atoms with E-state index in [-0.39, 0.29) is 11.9 Å². The third-order valence-corrected chi connectivity index (χ3v) is 5.39. The summed E-state index contributed by atoms with van der Waals surface area (Å²) in [6.07, 6.45) is 2.21. The van der Waals surface area contributed by atoms with Crippen molar-refractivity contribution in [1.29, 1.82) is 0 Å². The van der Waals surface area contributed by atoms with Crippen LogP contribution in [-0.4, -0.2) is 64.1 Å². The fraction of sp³-hybridized carbons (Fsp3) is 0.364. The van der Waals surface area contributed by atoms with Crippen LogP contribution in [0.3, 0.4) is 0 Å². The first-order chi connectivity index (χ1) is 14.6. The van der Waals surface area contributed by atoms with E-state index >= 15 is 0 Å². The fourth-order valence-electron chi connectivity index (χ4n) is 3.57. The molecule has 0 bridgehead atoms. The Labute approximate surface area is 175 Å². The van der Waals surface area contributed by atoms with E-state index in [1.807, 2.05) is 35.2 Å². The van der Waals surface area contributed by atoms with Crippen LogP contribution in [-0.2, 0) is 6.42 Å². The number of carbonyl (C=O) groups is 1. The number of ether oxygens (including phenoxy) is 1. The van der Waals surface area contributed by atoms with Gasteiger partial charge < -0.3 is 14.2 Å². The lowest BCUT2D eigenvalue weighted by Gasteiger charge is -2.36. The molecule has 4 rings (SSSR count). The highest BCUT2D eigenvalue weighted by Crippen LogP contribution is 2.21. The van der Waals surface area contributed by atoms with Gasteiger partial charge in [-0.25, -0.2) is 4.98 Å².